The van der Waals surface area contributed by atoms with Gasteiger partial charge in [-0.3, -0.25) is 4.79 Å². The number of alkyl halides is 1. The van der Waals surface area contributed by atoms with Crippen molar-refractivity contribution in [2.75, 3.05) is 6.54 Å². The Kier molecular flexibility index (Phi) is 4.56. The molecule has 0 aromatic carbocycles. The van der Waals surface area contributed by atoms with Crippen molar-refractivity contribution < 1.29 is 4.79 Å². The molecule has 1 aliphatic carbocycles. The first kappa shape index (κ1) is 13.0. The Morgan fingerprint density at radius 1 is 1.65 bits per heavy atom. The predicted molar refractivity (Wildman–Crippen MR) is 73.9 cm³/mol. The Labute approximate surface area is 114 Å². The van der Waals surface area contributed by atoms with Gasteiger partial charge in [0.15, 0.2) is 0 Å². The summed E-state index contributed by atoms with van der Waals surface area (Å²) in [6.45, 7) is 2.69. The van der Waals surface area contributed by atoms with Crippen LogP contribution < -0.4 is 5.32 Å². The number of hydrogen-bond donors (Lipinski definition) is 1. The maximum absolute atomic E-state index is 11.8. The van der Waals surface area contributed by atoms with Crippen LogP contribution in [0.4, 0.5) is 0 Å². The summed E-state index contributed by atoms with van der Waals surface area (Å²) >= 11 is 5.18. The molecule has 2 rings (SSSR count). The van der Waals surface area contributed by atoms with Gasteiger partial charge in [0.05, 0.1) is 5.01 Å². The van der Waals surface area contributed by atoms with Gasteiger partial charge in [-0.2, -0.15) is 0 Å². The number of aryl methyl sites for hydroxylation is 1. The number of hydrogen-bond acceptors (Lipinski definition) is 3. The van der Waals surface area contributed by atoms with Crippen molar-refractivity contribution in [1.82, 2.24) is 10.3 Å². The maximum atomic E-state index is 11.8. The highest BCUT2D eigenvalue weighted by molar-refractivity contribution is 9.09. The monoisotopic (exact) mass is 316 g/mol. The van der Waals surface area contributed by atoms with Crippen LogP contribution in [0.3, 0.4) is 0 Å². The van der Waals surface area contributed by atoms with Crippen LogP contribution in [-0.2, 0) is 0 Å². The zero-order valence-corrected chi connectivity index (χ0v) is 12.3. The van der Waals surface area contributed by atoms with E-state index in [1.54, 1.807) is 0 Å². The molecule has 3 nitrogen and oxygen atoms in total. The number of carbonyl (C=O) groups excluding carboxylic acids is 1. The van der Waals surface area contributed by atoms with Crippen LogP contribution >= 0.6 is 27.3 Å². The molecule has 1 saturated carbocycles. The number of nitrogens with zero attached hydrogens (tertiary/aromatic N) is 1. The molecule has 0 radical (unpaired) electrons. The number of nitrogens with one attached hydrogen (secondary N) is 1. The Balaban J connectivity index is 1.80. The van der Waals surface area contributed by atoms with Crippen LogP contribution in [0.25, 0.3) is 0 Å². The van der Waals surface area contributed by atoms with Crippen LogP contribution in [0.15, 0.2) is 5.38 Å². The third-order valence-corrected chi connectivity index (χ3v) is 4.73. The van der Waals surface area contributed by atoms with Crippen molar-refractivity contribution in [2.24, 2.45) is 5.92 Å². The standard InChI is InChI=1S/C12H17BrN2OS/c1-8-15-11(7-17-8)12(16)14-6-9-3-2-4-10(13)5-9/h7,9-10H,2-6H2,1H3,(H,14,16). The van der Waals surface area contributed by atoms with Crippen molar-refractivity contribution in [3.05, 3.63) is 16.1 Å². The molecule has 1 aliphatic rings. The van der Waals surface area contributed by atoms with E-state index in [4.69, 9.17) is 0 Å². The highest BCUT2D eigenvalue weighted by atomic mass is 79.9. The van der Waals surface area contributed by atoms with E-state index in [1.165, 1.54) is 30.6 Å². The van der Waals surface area contributed by atoms with Gasteiger partial charge < -0.3 is 5.32 Å². The number of halogens is 1. The summed E-state index contributed by atoms with van der Waals surface area (Å²) in [6.07, 6.45) is 4.90. The van der Waals surface area contributed by atoms with Gasteiger partial charge in [-0.15, -0.1) is 11.3 Å². The minimum absolute atomic E-state index is 0.0361. The molecule has 1 amide bonds. The molecule has 5 heteroatoms. The second-order valence-electron chi connectivity index (χ2n) is 4.59. The second kappa shape index (κ2) is 5.96. The fourth-order valence-corrected chi connectivity index (χ4v) is 3.65. The summed E-state index contributed by atoms with van der Waals surface area (Å²) in [5, 5.41) is 5.74. The average molecular weight is 317 g/mol. The molecule has 2 atom stereocenters. The number of rotatable bonds is 3. The van der Waals surface area contributed by atoms with Gasteiger partial charge in [-0.05, 0) is 32.1 Å². The zero-order valence-electron chi connectivity index (χ0n) is 9.91. The molecule has 17 heavy (non-hydrogen) atoms. The molecule has 0 spiro atoms. The van der Waals surface area contributed by atoms with E-state index in [9.17, 15) is 4.79 Å². The highest BCUT2D eigenvalue weighted by Crippen LogP contribution is 2.28. The van der Waals surface area contributed by atoms with Gasteiger partial charge in [0, 0.05) is 16.8 Å². The molecule has 0 saturated heterocycles. The highest BCUT2D eigenvalue weighted by Gasteiger charge is 2.20. The van der Waals surface area contributed by atoms with Gasteiger partial charge >= 0.3 is 0 Å². The van der Waals surface area contributed by atoms with Crippen molar-refractivity contribution in [2.45, 2.75) is 37.4 Å². The van der Waals surface area contributed by atoms with Gasteiger partial charge in [0.2, 0.25) is 0 Å². The number of aromatic nitrogens is 1. The molecular weight excluding hydrogens is 300 g/mol. The first-order valence-electron chi connectivity index (χ1n) is 5.99. The minimum Gasteiger partial charge on any atom is -0.350 e. The number of thiazole rings is 1. The summed E-state index contributed by atoms with van der Waals surface area (Å²) in [4.78, 5) is 16.6. The van der Waals surface area contributed by atoms with E-state index in [0.29, 0.717) is 16.4 Å². The summed E-state index contributed by atoms with van der Waals surface area (Å²) in [7, 11) is 0. The lowest BCUT2D eigenvalue weighted by molar-refractivity contribution is 0.0939. The van der Waals surface area contributed by atoms with Gasteiger partial charge in [-0.25, -0.2) is 4.98 Å². The molecule has 1 N–H and O–H groups in total. The molecular formula is C12H17BrN2OS. The fraction of sp³-hybridized carbons (Fsp3) is 0.667. The second-order valence-corrected chi connectivity index (χ2v) is 6.95. The average Bonchev–Trinajstić information content (AvgIpc) is 2.73. The SMILES string of the molecule is Cc1nc(C(=O)NCC2CCCC(Br)C2)cs1. The van der Waals surface area contributed by atoms with E-state index >= 15 is 0 Å². The molecule has 1 heterocycles. The van der Waals surface area contributed by atoms with Crippen LogP contribution in [-0.4, -0.2) is 22.3 Å². The minimum atomic E-state index is -0.0361. The van der Waals surface area contributed by atoms with Crippen molar-refractivity contribution in [3.63, 3.8) is 0 Å². The maximum Gasteiger partial charge on any atom is 0.270 e. The topological polar surface area (TPSA) is 42.0 Å². The van der Waals surface area contributed by atoms with Gasteiger partial charge in [0.1, 0.15) is 5.69 Å². The van der Waals surface area contributed by atoms with Crippen molar-refractivity contribution in [1.29, 1.82) is 0 Å². The lowest BCUT2D eigenvalue weighted by Gasteiger charge is -2.25. The van der Waals surface area contributed by atoms with E-state index in [-0.39, 0.29) is 5.91 Å². The van der Waals surface area contributed by atoms with Crippen LogP contribution in [0.5, 0.6) is 0 Å². The molecule has 2 unspecified atom stereocenters. The molecule has 0 bridgehead atoms. The summed E-state index contributed by atoms with van der Waals surface area (Å²) in [5.74, 6) is 0.572. The van der Waals surface area contributed by atoms with Crippen LogP contribution in [0.1, 0.15) is 41.2 Å². The van der Waals surface area contributed by atoms with Crippen molar-refractivity contribution in [3.8, 4) is 0 Å². The van der Waals surface area contributed by atoms with E-state index in [2.05, 4.69) is 26.2 Å². The Bertz CT molecular complexity index is 394. The zero-order chi connectivity index (χ0) is 12.3. The smallest absolute Gasteiger partial charge is 0.270 e. The molecule has 0 aliphatic heterocycles. The van der Waals surface area contributed by atoms with Gasteiger partial charge in [-0.1, -0.05) is 22.4 Å². The lowest BCUT2D eigenvalue weighted by Crippen LogP contribution is -2.32. The van der Waals surface area contributed by atoms with Crippen molar-refractivity contribution >= 4 is 33.2 Å². The first-order valence-corrected chi connectivity index (χ1v) is 7.79. The Hall–Kier alpha value is -0.420. The van der Waals surface area contributed by atoms with E-state index in [0.717, 1.165) is 18.0 Å². The summed E-state index contributed by atoms with van der Waals surface area (Å²) in [6, 6.07) is 0. The van der Waals surface area contributed by atoms with Crippen LogP contribution in [0.2, 0.25) is 0 Å². The molecule has 1 aromatic rings. The van der Waals surface area contributed by atoms with Crippen LogP contribution in [0, 0.1) is 12.8 Å². The van der Waals surface area contributed by atoms with Gasteiger partial charge in [0.25, 0.3) is 5.91 Å². The third kappa shape index (κ3) is 3.78. The molecule has 1 aromatic heterocycles. The fourth-order valence-electron chi connectivity index (χ4n) is 2.21. The largest absolute Gasteiger partial charge is 0.350 e. The summed E-state index contributed by atoms with van der Waals surface area (Å²) in [5.41, 5.74) is 0.554. The number of carbonyl (C=O) groups is 1. The lowest BCUT2D eigenvalue weighted by atomic mass is 9.89. The Morgan fingerprint density at radius 3 is 3.12 bits per heavy atom. The van der Waals surface area contributed by atoms with E-state index in [1.807, 2.05) is 12.3 Å². The number of amides is 1. The Morgan fingerprint density at radius 2 is 2.47 bits per heavy atom. The summed E-state index contributed by atoms with van der Waals surface area (Å²) < 4.78 is 0. The first-order chi connectivity index (χ1) is 8.15. The molecule has 94 valence electrons. The normalized spacial score (nSPS) is 24.6. The predicted octanol–water partition coefficient (Wildman–Crippen LogP) is 3.14. The third-order valence-electron chi connectivity index (χ3n) is 3.12. The molecule has 1 fully saturated rings. The van der Waals surface area contributed by atoms with E-state index < -0.39 is 0 Å². The quantitative estimate of drug-likeness (QED) is 0.870.